The van der Waals surface area contributed by atoms with Crippen molar-refractivity contribution in [2.24, 2.45) is 0 Å². The monoisotopic (exact) mass is 309 g/mol. The summed E-state index contributed by atoms with van der Waals surface area (Å²) in [5.74, 6) is 0.780. The van der Waals surface area contributed by atoms with Gasteiger partial charge in [0.25, 0.3) is 5.91 Å². The van der Waals surface area contributed by atoms with E-state index in [1.54, 1.807) is 19.5 Å². The van der Waals surface area contributed by atoms with E-state index in [0.717, 1.165) is 34.3 Å². The molecule has 23 heavy (non-hydrogen) atoms. The maximum absolute atomic E-state index is 12.3. The van der Waals surface area contributed by atoms with Crippen LogP contribution in [0.25, 0.3) is 11.0 Å². The number of methoxy groups -OCH3 is 1. The number of nitrogens with one attached hydrogen (secondary N) is 2. The van der Waals surface area contributed by atoms with Gasteiger partial charge in [-0.1, -0.05) is 19.1 Å². The Morgan fingerprint density at radius 3 is 2.91 bits per heavy atom. The third kappa shape index (κ3) is 3.18. The van der Waals surface area contributed by atoms with Crippen molar-refractivity contribution in [2.75, 3.05) is 7.11 Å². The number of fused-ring (bicyclic) bond motifs is 1. The molecule has 2 N–H and O–H groups in total. The predicted octanol–water partition coefficient (Wildman–Crippen LogP) is 3.06. The van der Waals surface area contributed by atoms with Crippen LogP contribution in [0.15, 0.2) is 42.7 Å². The Labute approximate surface area is 134 Å². The van der Waals surface area contributed by atoms with E-state index < -0.39 is 0 Å². The lowest BCUT2D eigenvalue weighted by atomic mass is 10.1. The van der Waals surface area contributed by atoms with Crippen LogP contribution in [0.2, 0.25) is 0 Å². The molecule has 0 aliphatic rings. The van der Waals surface area contributed by atoms with Crippen LogP contribution < -0.4 is 10.1 Å². The molecule has 2 aromatic carbocycles. The number of hydrogen-bond donors (Lipinski definition) is 2. The van der Waals surface area contributed by atoms with Gasteiger partial charge in [-0.25, -0.2) is 4.98 Å². The molecule has 3 rings (SSSR count). The Hall–Kier alpha value is -2.82. The highest BCUT2D eigenvalue weighted by Crippen LogP contribution is 2.20. The van der Waals surface area contributed by atoms with Gasteiger partial charge in [-0.3, -0.25) is 4.79 Å². The van der Waals surface area contributed by atoms with Crippen LogP contribution >= 0.6 is 0 Å². The van der Waals surface area contributed by atoms with Gasteiger partial charge in [-0.05, 0) is 41.8 Å². The zero-order chi connectivity index (χ0) is 16.2. The first-order chi connectivity index (χ1) is 11.2. The van der Waals surface area contributed by atoms with Crippen molar-refractivity contribution in [3.05, 3.63) is 59.4 Å². The first-order valence-corrected chi connectivity index (χ1v) is 7.58. The lowest BCUT2D eigenvalue weighted by Gasteiger charge is -2.10. The standard InChI is InChI=1S/C18H19N3O2/c1-3-13-8-12(4-7-17(13)23-2)10-19-18(22)14-5-6-15-16(9-14)21-11-20-15/h4-9,11H,3,10H2,1-2H3,(H,19,22)(H,20,21). The second-order valence-electron chi connectivity index (χ2n) is 5.32. The van der Waals surface area contributed by atoms with E-state index in [9.17, 15) is 4.79 Å². The number of H-pyrrole nitrogens is 1. The molecule has 5 heteroatoms. The van der Waals surface area contributed by atoms with Crippen molar-refractivity contribution in [3.8, 4) is 5.75 Å². The Morgan fingerprint density at radius 2 is 2.13 bits per heavy atom. The molecule has 0 atom stereocenters. The maximum atomic E-state index is 12.3. The summed E-state index contributed by atoms with van der Waals surface area (Å²) < 4.78 is 5.32. The van der Waals surface area contributed by atoms with Gasteiger partial charge in [-0.15, -0.1) is 0 Å². The second kappa shape index (κ2) is 6.52. The molecule has 0 saturated heterocycles. The van der Waals surface area contributed by atoms with Crippen LogP contribution in [0.3, 0.4) is 0 Å². The molecule has 0 aliphatic heterocycles. The number of amides is 1. The molecule has 0 spiro atoms. The highest BCUT2D eigenvalue weighted by molar-refractivity contribution is 5.97. The van der Waals surface area contributed by atoms with E-state index in [0.29, 0.717) is 12.1 Å². The third-order valence-electron chi connectivity index (χ3n) is 3.86. The number of carbonyl (C=O) groups is 1. The lowest BCUT2D eigenvalue weighted by molar-refractivity contribution is 0.0951. The minimum atomic E-state index is -0.102. The second-order valence-corrected chi connectivity index (χ2v) is 5.32. The smallest absolute Gasteiger partial charge is 0.251 e. The highest BCUT2D eigenvalue weighted by atomic mass is 16.5. The molecule has 0 fully saturated rings. The first-order valence-electron chi connectivity index (χ1n) is 7.58. The van der Waals surface area contributed by atoms with Gasteiger partial charge in [0, 0.05) is 12.1 Å². The van der Waals surface area contributed by atoms with E-state index in [4.69, 9.17) is 4.74 Å². The van der Waals surface area contributed by atoms with Crippen LogP contribution in [-0.4, -0.2) is 23.0 Å². The number of carbonyl (C=O) groups excluding carboxylic acids is 1. The number of aryl methyl sites for hydroxylation is 1. The summed E-state index contributed by atoms with van der Waals surface area (Å²) in [6.07, 6.45) is 2.51. The molecule has 3 aromatic rings. The zero-order valence-corrected chi connectivity index (χ0v) is 13.2. The third-order valence-corrected chi connectivity index (χ3v) is 3.86. The Kier molecular flexibility index (Phi) is 4.28. The maximum Gasteiger partial charge on any atom is 0.251 e. The minimum Gasteiger partial charge on any atom is -0.496 e. The van der Waals surface area contributed by atoms with Crippen molar-refractivity contribution in [1.82, 2.24) is 15.3 Å². The first kappa shape index (κ1) is 15.1. The van der Waals surface area contributed by atoms with Gasteiger partial charge < -0.3 is 15.0 Å². The fourth-order valence-electron chi connectivity index (χ4n) is 2.58. The number of benzene rings is 2. The van der Waals surface area contributed by atoms with E-state index in [1.165, 1.54) is 0 Å². The number of aromatic nitrogens is 2. The van der Waals surface area contributed by atoms with Gasteiger partial charge in [-0.2, -0.15) is 0 Å². The molecule has 1 aromatic heterocycles. The molecular weight excluding hydrogens is 290 g/mol. The highest BCUT2D eigenvalue weighted by Gasteiger charge is 2.08. The number of aromatic amines is 1. The summed E-state index contributed by atoms with van der Waals surface area (Å²) in [4.78, 5) is 19.5. The fraction of sp³-hybridized carbons (Fsp3) is 0.222. The molecule has 5 nitrogen and oxygen atoms in total. The van der Waals surface area contributed by atoms with Gasteiger partial charge in [0.1, 0.15) is 5.75 Å². The van der Waals surface area contributed by atoms with Crippen molar-refractivity contribution in [2.45, 2.75) is 19.9 Å². The van der Waals surface area contributed by atoms with Gasteiger partial charge in [0.2, 0.25) is 0 Å². The topological polar surface area (TPSA) is 67.0 Å². The molecule has 0 saturated carbocycles. The van der Waals surface area contributed by atoms with Crippen LogP contribution in [0.5, 0.6) is 5.75 Å². The Balaban J connectivity index is 1.71. The number of hydrogen-bond acceptors (Lipinski definition) is 3. The molecule has 1 heterocycles. The largest absolute Gasteiger partial charge is 0.496 e. The minimum absolute atomic E-state index is 0.102. The van der Waals surface area contributed by atoms with Gasteiger partial charge >= 0.3 is 0 Å². The molecule has 0 aliphatic carbocycles. The van der Waals surface area contributed by atoms with Crippen molar-refractivity contribution in [3.63, 3.8) is 0 Å². The SMILES string of the molecule is CCc1cc(CNC(=O)c2ccc3nc[nH]c3c2)ccc1OC. The summed E-state index contributed by atoms with van der Waals surface area (Å²) in [6.45, 7) is 2.57. The molecular formula is C18H19N3O2. The quantitative estimate of drug-likeness (QED) is 0.761. The van der Waals surface area contributed by atoms with Crippen LogP contribution in [0.1, 0.15) is 28.4 Å². The molecule has 1 amide bonds. The van der Waals surface area contributed by atoms with Crippen molar-refractivity contribution in [1.29, 1.82) is 0 Å². The van der Waals surface area contributed by atoms with E-state index in [-0.39, 0.29) is 5.91 Å². The molecule has 0 bridgehead atoms. The predicted molar refractivity (Wildman–Crippen MR) is 89.6 cm³/mol. The van der Waals surface area contributed by atoms with E-state index >= 15 is 0 Å². The lowest BCUT2D eigenvalue weighted by Crippen LogP contribution is -2.22. The van der Waals surface area contributed by atoms with Crippen molar-refractivity contribution < 1.29 is 9.53 Å². The molecule has 0 unspecified atom stereocenters. The van der Waals surface area contributed by atoms with E-state index in [1.807, 2.05) is 24.3 Å². The molecule has 0 radical (unpaired) electrons. The summed E-state index contributed by atoms with van der Waals surface area (Å²) >= 11 is 0. The summed E-state index contributed by atoms with van der Waals surface area (Å²) in [6, 6.07) is 11.4. The van der Waals surface area contributed by atoms with Crippen LogP contribution in [-0.2, 0) is 13.0 Å². The van der Waals surface area contributed by atoms with Crippen LogP contribution in [0.4, 0.5) is 0 Å². The fourth-order valence-corrected chi connectivity index (χ4v) is 2.58. The van der Waals surface area contributed by atoms with Gasteiger partial charge in [0.15, 0.2) is 0 Å². The Morgan fingerprint density at radius 1 is 1.26 bits per heavy atom. The van der Waals surface area contributed by atoms with Crippen LogP contribution in [0, 0.1) is 0 Å². The number of imidazole rings is 1. The van der Waals surface area contributed by atoms with Gasteiger partial charge in [0.05, 0.1) is 24.5 Å². The van der Waals surface area contributed by atoms with Crippen molar-refractivity contribution >= 4 is 16.9 Å². The summed E-state index contributed by atoms with van der Waals surface area (Å²) in [5, 5.41) is 2.95. The number of nitrogens with zero attached hydrogens (tertiary/aromatic N) is 1. The molecule has 118 valence electrons. The normalized spacial score (nSPS) is 10.7. The number of ether oxygens (including phenoxy) is 1. The summed E-state index contributed by atoms with van der Waals surface area (Å²) in [5.41, 5.74) is 4.52. The average molecular weight is 309 g/mol. The zero-order valence-electron chi connectivity index (χ0n) is 13.2. The van der Waals surface area contributed by atoms with E-state index in [2.05, 4.69) is 28.3 Å². The Bertz CT molecular complexity index is 839. The number of rotatable bonds is 5. The summed E-state index contributed by atoms with van der Waals surface area (Å²) in [7, 11) is 1.67. The average Bonchev–Trinajstić information content (AvgIpc) is 3.06.